The third-order valence-corrected chi connectivity index (χ3v) is 12.1. The van der Waals surface area contributed by atoms with Crippen LogP contribution >= 0.6 is 11.8 Å². The normalized spacial score (nSPS) is 17.4. The number of likely N-dealkylation sites (tertiary alicyclic amines) is 1. The van der Waals surface area contributed by atoms with Crippen LogP contribution in [0.1, 0.15) is 65.1 Å². The number of aryl methyl sites for hydroxylation is 2. The number of aromatic nitrogens is 2. The molecular weight excluding hydrogens is 605 g/mol. The van der Waals surface area contributed by atoms with Gasteiger partial charge in [0, 0.05) is 20.8 Å². The quantitative estimate of drug-likeness (QED) is 0.185. The third-order valence-electron chi connectivity index (χ3n) is 8.88. The lowest BCUT2D eigenvalue weighted by molar-refractivity contribution is 0.144. The maximum absolute atomic E-state index is 13.1. The molecule has 0 unspecified atom stereocenters. The number of nitrogens with zero attached hydrogens (tertiary/aromatic N) is 4. The van der Waals surface area contributed by atoms with Crippen molar-refractivity contribution in [2.75, 3.05) is 42.3 Å². The lowest BCUT2D eigenvalue weighted by atomic mass is 9.85. The van der Waals surface area contributed by atoms with Gasteiger partial charge in [0.1, 0.15) is 11.6 Å². The number of hydrogen-bond acceptors (Lipinski definition) is 8. The van der Waals surface area contributed by atoms with Crippen LogP contribution in [-0.2, 0) is 9.84 Å². The van der Waals surface area contributed by atoms with Crippen molar-refractivity contribution in [3.63, 3.8) is 0 Å². The monoisotopic (exact) mass is 654 g/mol. The van der Waals surface area contributed by atoms with Crippen LogP contribution in [-0.4, -0.2) is 72.1 Å². The Hall–Kier alpha value is -3.28. The van der Waals surface area contributed by atoms with E-state index in [0.29, 0.717) is 23.4 Å². The molecule has 2 aromatic carbocycles. The average molecular weight is 655 g/mol. The first kappa shape index (κ1) is 33.1. The molecule has 2 N–H and O–H groups in total. The first-order valence-corrected chi connectivity index (χ1v) is 18.4. The number of ether oxygens (including phenoxy) is 1. The number of nitrogens with one attached hydrogen (secondary N) is 2. The van der Waals surface area contributed by atoms with Gasteiger partial charge in [-0.25, -0.2) is 13.1 Å². The lowest BCUT2D eigenvalue weighted by Crippen LogP contribution is -2.42. The predicted molar refractivity (Wildman–Crippen MR) is 191 cm³/mol. The van der Waals surface area contributed by atoms with E-state index in [2.05, 4.69) is 58.0 Å². The fourth-order valence-corrected chi connectivity index (χ4v) is 8.54. The van der Waals surface area contributed by atoms with Gasteiger partial charge in [-0.1, -0.05) is 18.7 Å². The number of piperidine rings is 1. The first-order valence-electron chi connectivity index (χ1n) is 15.7. The van der Waals surface area contributed by atoms with Crippen LogP contribution < -0.4 is 15.4 Å². The summed E-state index contributed by atoms with van der Waals surface area (Å²) < 4.78 is 33.7. The topological polar surface area (TPSA) is 101 Å². The Morgan fingerprint density at radius 1 is 1.07 bits per heavy atom. The van der Waals surface area contributed by atoms with Crippen LogP contribution in [0, 0.1) is 13.8 Å². The second-order valence-electron chi connectivity index (χ2n) is 12.2. The summed E-state index contributed by atoms with van der Waals surface area (Å²) in [6.07, 6.45) is 6.61. The smallest absolute Gasteiger partial charge is 0.230 e. The number of methoxy groups -OCH3 is 1. The molecule has 3 aromatic rings. The maximum Gasteiger partial charge on any atom is 0.230 e. The molecule has 3 heterocycles. The molecule has 2 aliphatic heterocycles. The van der Waals surface area contributed by atoms with Crippen molar-refractivity contribution in [1.82, 2.24) is 14.7 Å². The number of sulfone groups is 1. The van der Waals surface area contributed by atoms with Crippen LogP contribution in [0.3, 0.4) is 0 Å². The van der Waals surface area contributed by atoms with E-state index in [9.17, 15) is 8.42 Å². The van der Waals surface area contributed by atoms with Gasteiger partial charge >= 0.3 is 0 Å². The minimum Gasteiger partial charge on any atom is -0.495 e. The molecule has 2 fully saturated rings. The highest BCUT2D eigenvalue weighted by atomic mass is 32.2. The van der Waals surface area contributed by atoms with Crippen LogP contribution in [0.25, 0.3) is 0 Å². The third kappa shape index (κ3) is 7.58. The molecular formula is C34H50N6O3S2. The summed E-state index contributed by atoms with van der Waals surface area (Å²) in [4.78, 5) is 7.67. The fourth-order valence-electron chi connectivity index (χ4n) is 6.26. The molecule has 246 valence electrons. The Kier molecular flexibility index (Phi) is 10.6. The van der Waals surface area contributed by atoms with Crippen LogP contribution in [0.2, 0.25) is 0 Å². The minimum atomic E-state index is -3.55. The largest absolute Gasteiger partial charge is 0.495 e. The van der Waals surface area contributed by atoms with E-state index in [4.69, 9.17) is 9.73 Å². The highest BCUT2D eigenvalue weighted by Crippen LogP contribution is 2.38. The summed E-state index contributed by atoms with van der Waals surface area (Å²) in [5.74, 6) is 4.48. The summed E-state index contributed by atoms with van der Waals surface area (Å²) in [6, 6.07) is 13.7. The molecule has 2 aliphatic rings. The Balaban J connectivity index is 0.00000300. The second-order valence-corrected chi connectivity index (χ2v) is 15.9. The average Bonchev–Trinajstić information content (AvgIpc) is 3.47. The zero-order valence-corrected chi connectivity index (χ0v) is 28.7. The number of thioether (sulfide) groups is 1. The summed E-state index contributed by atoms with van der Waals surface area (Å²) in [5.41, 5.74) is 4.55. The molecule has 11 heteroatoms. The number of hydrogen-bond donors (Lipinski definition) is 2. The van der Waals surface area contributed by atoms with Gasteiger partial charge in [0.2, 0.25) is 5.96 Å². The molecule has 0 radical (unpaired) electrons. The maximum atomic E-state index is 13.1. The van der Waals surface area contributed by atoms with Gasteiger partial charge in [-0.05, 0) is 125 Å². The van der Waals surface area contributed by atoms with Crippen molar-refractivity contribution in [2.45, 2.75) is 75.5 Å². The molecule has 45 heavy (non-hydrogen) atoms. The zero-order chi connectivity index (χ0) is 32.1. The molecule has 0 aliphatic carbocycles. The van der Waals surface area contributed by atoms with Crippen LogP contribution in [0.5, 0.6) is 5.75 Å². The number of para-hydroxylation sites is 1. The van der Waals surface area contributed by atoms with Crippen molar-refractivity contribution in [3.8, 4) is 5.75 Å². The first-order chi connectivity index (χ1) is 21.6. The van der Waals surface area contributed by atoms with Gasteiger partial charge in [-0.15, -0.1) is 0 Å². The summed E-state index contributed by atoms with van der Waals surface area (Å²) in [6.45, 7) is 13.9. The van der Waals surface area contributed by atoms with Gasteiger partial charge in [0.15, 0.2) is 9.84 Å². The highest BCUT2D eigenvalue weighted by molar-refractivity contribution is 7.99. The molecule has 0 saturated carbocycles. The summed E-state index contributed by atoms with van der Waals surface area (Å²) >= 11 is 2.09. The van der Waals surface area contributed by atoms with Crippen molar-refractivity contribution in [3.05, 3.63) is 77.9 Å². The number of benzene rings is 2. The van der Waals surface area contributed by atoms with E-state index >= 15 is 0 Å². The second kappa shape index (κ2) is 14.4. The SMILES string of the molecule is C=C(/N=C(/Nc1ccccc1S(=O)(=O)C(C)C)n1nccc1C)Nc1cc(C)c(C2CCN(C3CCSCC3)CC2)cc1OC.[HH].[HH]. The number of aliphatic imine (C=N–C) groups is 1. The number of anilines is 2. The minimum absolute atomic E-state index is 0. The molecule has 0 atom stereocenters. The Morgan fingerprint density at radius 2 is 1.78 bits per heavy atom. The van der Waals surface area contributed by atoms with E-state index in [0.717, 1.165) is 49.1 Å². The van der Waals surface area contributed by atoms with E-state index in [1.54, 1.807) is 56.1 Å². The fraction of sp³-hybridized carbons (Fsp3) is 0.471. The summed E-state index contributed by atoms with van der Waals surface area (Å²) in [5, 5.41) is 10.4. The van der Waals surface area contributed by atoms with Crippen molar-refractivity contribution >= 4 is 38.9 Å². The van der Waals surface area contributed by atoms with E-state index in [1.165, 1.54) is 35.5 Å². The molecule has 0 amide bonds. The highest BCUT2D eigenvalue weighted by Gasteiger charge is 2.28. The van der Waals surface area contributed by atoms with Crippen molar-refractivity contribution in [1.29, 1.82) is 0 Å². The Bertz CT molecular complexity index is 1650. The van der Waals surface area contributed by atoms with Crippen molar-refractivity contribution in [2.24, 2.45) is 4.99 Å². The number of rotatable bonds is 9. The Morgan fingerprint density at radius 3 is 2.42 bits per heavy atom. The van der Waals surface area contributed by atoms with E-state index < -0.39 is 15.1 Å². The van der Waals surface area contributed by atoms with Gasteiger partial charge in [-0.2, -0.15) is 21.9 Å². The van der Waals surface area contributed by atoms with Gasteiger partial charge in [0.05, 0.1) is 28.6 Å². The zero-order valence-electron chi connectivity index (χ0n) is 27.0. The Labute approximate surface area is 275 Å². The van der Waals surface area contributed by atoms with Crippen LogP contribution in [0.15, 0.2) is 70.9 Å². The van der Waals surface area contributed by atoms with Crippen molar-refractivity contribution < 1.29 is 16.0 Å². The van der Waals surface area contributed by atoms with E-state index in [1.807, 2.05) is 13.0 Å². The van der Waals surface area contributed by atoms with E-state index in [-0.39, 0.29) is 7.75 Å². The van der Waals surface area contributed by atoms with Gasteiger partial charge in [0.25, 0.3) is 0 Å². The lowest BCUT2D eigenvalue weighted by Gasteiger charge is -2.39. The molecule has 5 rings (SSSR count). The van der Waals surface area contributed by atoms with Crippen LogP contribution in [0.4, 0.5) is 11.4 Å². The molecule has 9 nitrogen and oxygen atoms in total. The molecule has 0 bridgehead atoms. The van der Waals surface area contributed by atoms with Gasteiger partial charge in [-0.3, -0.25) is 0 Å². The molecule has 0 spiro atoms. The summed E-state index contributed by atoms with van der Waals surface area (Å²) in [7, 11) is -1.87. The molecule has 1 aromatic heterocycles. The van der Waals surface area contributed by atoms with Gasteiger partial charge < -0.3 is 20.3 Å². The molecule has 2 saturated heterocycles. The predicted octanol–water partition coefficient (Wildman–Crippen LogP) is 7.16. The standard InChI is InChI=1S/C34H46N6O3S2.2H2/c1-23(2)45(41,42)33-10-8-7-9-30(33)38-34(40-25(4)11-16-35-40)37-26(5)36-31-21-24(3)29(22-32(31)43-6)27-12-17-39(18-13-27)28-14-19-44-20-15-28;;/h7-11,16,21-23,27-28,36H,5,12-15,17-20H2,1-4,6H3,(H,37,38);2*1H.